The summed E-state index contributed by atoms with van der Waals surface area (Å²) in [6, 6.07) is 0. The zero-order valence-electron chi connectivity index (χ0n) is 58.2. The summed E-state index contributed by atoms with van der Waals surface area (Å²) in [4.78, 5) is 24.7. The second kappa shape index (κ2) is 77.5. The van der Waals surface area contributed by atoms with Crippen LogP contribution in [0, 0.1) is 0 Å². The lowest BCUT2D eigenvalue weighted by Gasteiger charge is -2.15. The smallest absolute Gasteiger partial charge is 0.306 e. The minimum Gasteiger partial charge on any atom is -0.462 e. The molecule has 5 nitrogen and oxygen atoms in total. The zero-order valence-corrected chi connectivity index (χ0v) is 58.2. The van der Waals surface area contributed by atoms with Gasteiger partial charge in [0, 0.05) is 12.8 Å². The minimum atomic E-state index is -0.795. The first-order valence-electron chi connectivity index (χ1n) is 38.1. The van der Waals surface area contributed by atoms with Gasteiger partial charge in [-0.25, -0.2) is 0 Å². The molecule has 0 amide bonds. The SMILES string of the molecule is CC/C=C\C/C=C\C/C=C\C/C=C\C/C=C\C/C=C\C/C=C\C/C=C\C/C=C\C/C=C\CCCCCCC(=O)OC(CO)COC(=O)CCCCCCCCCCCCCCCCCCCCCCCCCCCCCCCCCCCCCCCCC. The first-order valence-corrected chi connectivity index (χ1v) is 38.1. The number of rotatable bonds is 70. The van der Waals surface area contributed by atoms with Gasteiger partial charge in [-0.05, 0) is 89.9 Å². The largest absolute Gasteiger partial charge is 0.462 e. The normalized spacial score (nSPS) is 12.9. The van der Waals surface area contributed by atoms with Gasteiger partial charge in [0.25, 0.3) is 0 Å². The molecule has 1 unspecified atom stereocenters. The summed E-state index contributed by atoms with van der Waals surface area (Å²) < 4.78 is 10.7. The third-order valence-corrected chi connectivity index (χ3v) is 16.8. The number of ether oxygens (including phenoxy) is 2. The number of hydrogen-bond donors (Lipinski definition) is 1. The molecule has 0 saturated carbocycles. The number of allylic oxidation sites excluding steroid dienone is 20. The highest BCUT2D eigenvalue weighted by Crippen LogP contribution is 2.19. The van der Waals surface area contributed by atoms with Crippen LogP contribution in [-0.4, -0.2) is 36.4 Å². The van der Waals surface area contributed by atoms with Crippen LogP contribution in [0.15, 0.2) is 122 Å². The number of esters is 2. The van der Waals surface area contributed by atoms with Gasteiger partial charge in [-0.1, -0.05) is 392 Å². The maximum Gasteiger partial charge on any atom is 0.306 e. The van der Waals surface area contributed by atoms with E-state index in [-0.39, 0.29) is 25.2 Å². The fraction of sp³-hybridized carbons (Fsp3) is 0.735. The van der Waals surface area contributed by atoms with Crippen LogP contribution in [0.25, 0.3) is 0 Å². The molecule has 0 aliphatic carbocycles. The standard InChI is InChI=1S/C83H144O5/c1-3-5-7-9-11-13-15-17-19-21-23-25-27-29-31-33-35-37-39-40-41-42-44-45-47-49-51-53-55-57-59-61-63-65-67-69-71-73-75-77-82(85)87-80-81(79-84)88-83(86)78-76-74-72-70-68-66-64-62-60-58-56-54-52-50-48-46-43-38-36-34-32-30-28-26-24-22-20-18-16-14-12-10-8-6-4-2/h6,8,12,14,18,20,24,26,30,32,36,38,46,48,52,54,58,60,64,66,81,84H,3-5,7,9-11,13,15-17,19,21-23,25,27-29,31,33-35,37,39-45,47,49-51,53,55-57,59,61-63,65,67-80H2,1-2H3/b8-6-,14-12-,20-18-,26-24-,32-30-,38-36-,48-46-,54-52-,60-58-,66-64-. The summed E-state index contributed by atoms with van der Waals surface area (Å²) in [7, 11) is 0. The summed E-state index contributed by atoms with van der Waals surface area (Å²) in [5, 5.41) is 9.71. The molecular formula is C83H144O5. The molecule has 506 valence electrons. The molecule has 5 heteroatoms. The molecule has 1 N–H and O–H groups in total. The number of hydrogen-bond acceptors (Lipinski definition) is 5. The van der Waals surface area contributed by atoms with E-state index in [0.717, 1.165) is 116 Å². The average molecular weight is 1220 g/mol. The number of unbranched alkanes of at least 4 members (excludes halogenated alkanes) is 42. The van der Waals surface area contributed by atoms with E-state index in [9.17, 15) is 14.7 Å². The van der Waals surface area contributed by atoms with Gasteiger partial charge in [0.2, 0.25) is 0 Å². The predicted octanol–water partition coefficient (Wildman–Crippen LogP) is 26.9. The molecule has 0 heterocycles. The first-order chi connectivity index (χ1) is 43.6. The van der Waals surface area contributed by atoms with Crippen LogP contribution < -0.4 is 0 Å². The highest BCUT2D eigenvalue weighted by atomic mass is 16.6. The maximum absolute atomic E-state index is 12.4. The van der Waals surface area contributed by atoms with Crippen LogP contribution in [-0.2, 0) is 19.1 Å². The number of carbonyl (C=O) groups excluding carboxylic acids is 2. The summed E-state index contributed by atoms with van der Waals surface area (Å²) >= 11 is 0. The third-order valence-electron chi connectivity index (χ3n) is 16.8. The fourth-order valence-electron chi connectivity index (χ4n) is 11.1. The van der Waals surface area contributed by atoms with Crippen molar-refractivity contribution in [3.05, 3.63) is 122 Å². The van der Waals surface area contributed by atoms with E-state index >= 15 is 0 Å². The van der Waals surface area contributed by atoms with Gasteiger partial charge >= 0.3 is 11.9 Å². The van der Waals surface area contributed by atoms with Crippen LogP contribution in [0.2, 0.25) is 0 Å². The van der Waals surface area contributed by atoms with E-state index in [1.54, 1.807) is 0 Å². The number of aliphatic hydroxyl groups excluding tert-OH is 1. The van der Waals surface area contributed by atoms with Crippen molar-refractivity contribution in [3.8, 4) is 0 Å². The molecular weight excluding hydrogens is 1080 g/mol. The Kier molecular flexibility index (Phi) is 74.3. The molecule has 0 saturated heterocycles. The maximum atomic E-state index is 12.4. The van der Waals surface area contributed by atoms with Crippen LogP contribution in [0.3, 0.4) is 0 Å². The molecule has 1 atom stereocenters. The number of carbonyl (C=O) groups is 2. The fourth-order valence-corrected chi connectivity index (χ4v) is 11.1. The molecule has 0 bridgehead atoms. The van der Waals surface area contributed by atoms with Crippen molar-refractivity contribution >= 4 is 11.9 Å². The van der Waals surface area contributed by atoms with Crippen molar-refractivity contribution in [3.63, 3.8) is 0 Å². The average Bonchev–Trinajstić information content (AvgIpc) is 3.54. The van der Waals surface area contributed by atoms with E-state index < -0.39 is 6.10 Å². The quantitative estimate of drug-likeness (QED) is 0.0373. The van der Waals surface area contributed by atoms with Gasteiger partial charge in [0.15, 0.2) is 6.10 Å². The topological polar surface area (TPSA) is 72.8 Å². The van der Waals surface area contributed by atoms with E-state index in [0.29, 0.717) is 12.8 Å². The van der Waals surface area contributed by atoms with Gasteiger partial charge in [-0.3, -0.25) is 9.59 Å². The van der Waals surface area contributed by atoms with E-state index in [2.05, 4.69) is 135 Å². The van der Waals surface area contributed by atoms with E-state index in [1.165, 1.54) is 231 Å². The Morgan fingerprint density at radius 3 is 0.739 bits per heavy atom. The highest BCUT2D eigenvalue weighted by Gasteiger charge is 2.16. The van der Waals surface area contributed by atoms with Crippen molar-refractivity contribution in [2.24, 2.45) is 0 Å². The highest BCUT2D eigenvalue weighted by molar-refractivity contribution is 5.70. The van der Waals surface area contributed by atoms with Crippen LogP contribution in [0.5, 0.6) is 0 Å². The summed E-state index contributed by atoms with van der Waals surface area (Å²) in [6.45, 7) is 4.04. The molecule has 0 aromatic carbocycles. The Bertz CT molecular complexity index is 1720. The van der Waals surface area contributed by atoms with Crippen LogP contribution in [0.1, 0.15) is 373 Å². The lowest BCUT2D eigenvalue weighted by molar-refractivity contribution is -0.161. The second-order valence-corrected chi connectivity index (χ2v) is 25.4. The third kappa shape index (κ3) is 74.8. The molecule has 88 heavy (non-hydrogen) atoms. The van der Waals surface area contributed by atoms with E-state index in [4.69, 9.17) is 9.47 Å². The number of aliphatic hydroxyl groups is 1. The summed E-state index contributed by atoms with van der Waals surface area (Å²) in [6.07, 6.45) is 114. The zero-order chi connectivity index (χ0) is 63.3. The van der Waals surface area contributed by atoms with Crippen molar-refractivity contribution in [1.82, 2.24) is 0 Å². The van der Waals surface area contributed by atoms with Crippen molar-refractivity contribution in [1.29, 1.82) is 0 Å². The molecule has 0 fully saturated rings. The Hall–Kier alpha value is -3.70. The van der Waals surface area contributed by atoms with Gasteiger partial charge in [0.05, 0.1) is 6.61 Å². The summed E-state index contributed by atoms with van der Waals surface area (Å²) in [5.41, 5.74) is 0. The lowest BCUT2D eigenvalue weighted by Crippen LogP contribution is -2.28. The van der Waals surface area contributed by atoms with Gasteiger partial charge in [0.1, 0.15) is 6.61 Å². The summed E-state index contributed by atoms with van der Waals surface area (Å²) in [5.74, 6) is -0.613. The first kappa shape index (κ1) is 84.3. The minimum absolute atomic E-state index is 0.0799. The predicted molar refractivity (Wildman–Crippen MR) is 389 cm³/mol. The Labute approximate surface area is 547 Å². The lowest BCUT2D eigenvalue weighted by atomic mass is 10.0. The van der Waals surface area contributed by atoms with Crippen LogP contribution >= 0.6 is 0 Å². The monoisotopic (exact) mass is 1220 g/mol. The molecule has 0 aromatic rings. The van der Waals surface area contributed by atoms with Crippen LogP contribution in [0.4, 0.5) is 0 Å². The molecule has 0 aliphatic heterocycles. The van der Waals surface area contributed by atoms with E-state index in [1.807, 2.05) is 0 Å². The molecule has 0 aliphatic rings. The second-order valence-electron chi connectivity index (χ2n) is 25.4. The van der Waals surface area contributed by atoms with Crippen molar-refractivity contribution in [2.45, 2.75) is 380 Å². The molecule has 0 spiro atoms. The molecule has 0 rings (SSSR count). The molecule has 0 aromatic heterocycles. The van der Waals surface area contributed by atoms with Gasteiger partial charge in [-0.15, -0.1) is 0 Å². The van der Waals surface area contributed by atoms with Crippen molar-refractivity contribution < 1.29 is 24.2 Å². The Balaban J connectivity index is 3.49. The Morgan fingerprint density at radius 1 is 0.273 bits per heavy atom. The Morgan fingerprint density at radius 2 is 0.489 bits per heavy atom. The van der Waals surface area contributed by atoms with Gasteiger partial charge in [-0.2, -0.15) is 0 Å². The van der Waals surface area contributed by atoms with Gasteiger partial charge < -0.3 is 14.6 Å². The van der Waals surface area contributed by atoms with Crippen molar-refractivity contribution in [2.75, 3.05) is 13.2 Å². The molecule has 0 radical (unpaired) electrons.